The molecular formula is C20H20ClN3. The van der Waals surface area contributed by atoms with E-state index in [2.05, 4.69) is 53.3 Å². The van der Waals surface area contributed by atoms with E-state index in [0.29, 0.717) is 0 Å². The quantitative estimate of drug-likeness (QED) is 0.692. The molecule has 4 rings (SSSR count). The van der Waals surface area contributed by atoms with Gasteiger partial charge in [-0.3, -0.25) is 0 Å². The molecule has 3 aromatic rings. The van der Waals surface area contributed by atoms with Gasteiger partial charge in [0.25, 0.3) is 0 Å². The lowest BCUT2D eigenvalue weighted by Crippen LogP contribution is -2.07. The highest BCUT2D eigenvalue weighted by Gasteiger charge is 2.21. The maximum atomic E-state index is 6.05. The van der Waals surface area contributed by atoms with Crippen molar-refractivity contribution in [3.63, 3.8) is 0 Å². The first-order chi connectivity index (χ1) is 11.7. The van der Waals surface area contributed by atoms with Crippen LogP contribution in [0.2, 0.25) is 5.02 Å². The van der Waals surface area contributed by atoms with Crippen LogP contribution < -0.4 is 5.32 Å². The third-order valence-corrected chi connectivity index (χ3v) is 4.75. The van der Waals surface area contributed by atoms with Crippen LogP contribution in [0.5, 0.6) is 0 Å². The summed E-state index contributed by atoms with van der Waals surface area (Å²) in [6, 6.07) is 16.4. The topological polar surface area (TPSA) is 29.9 Å². The fourth-order valence-corrected chi connectivity index (χ4v) is 3.41. The van der Waals surface area contributed by atoms with Gasteiger partial charge in [-0.05, 0) is 56.0 Å². The van der Waals surface area contributed by atoms with E-state index in [1.54, 1.807) is 0 Å². The minimum absolute atomic E-state index is 0.751. The predicted octanol–water partition coefficient (Wildman–Crippen LogP) is 5.25. The highest BCUT2D eigenvalue weighted by atomic mass is 35.5. The summed E-state index contributed by atoms with van der Waals surface area (Å²) in [7, 11) is 0. The van der Waals surface area contributed by atoms with Gasteiger partial charge >= 0.3 is 0 Å². The standard InChI is InChI=1S/C20H20ClN3/c1-14-5-4-6-17(13-14)24-20-18(7-2-3-12-22-20)19(23-24)15-8-10-16(21)11-9-15/h4-6,8-11,13,22H,2-3,7,12H2,1H3. The summed E-state index contributed by atoms with van der Waals surface area (Å²) in [6.07, 6.45) is 3.41. The Hall–Kier alpha value is -2.26. The van der Waals surface area contributed by atoms with Gasteiger partial charge in [-0.15, -0.1) is 0 Å². The fraction of sp³-hybridized carbons (Fsp3) is 0.250. The molecule has 24 heavy (non-hydrogen) atoms. The maximum absolute atomic E-state index is 6.05. The third kappa shape index (κ3) is 2.80. The summed E-state index contributed by atoms with van der Waals surface area (Å²) in [5.41, 5.74) is 5.80. The van der Waals surface area contributed by atoms with Crippen LogP contribution in [0, 0.1) is 6.92 Å². The van der Waals surface area contributed by atoms with Gasteiger partial charge in [-0.1, -0.05) is 35.9 Å². The van der Waals surface area contributed by atoms with E-state index < -0.39 is 0 Å². The Kier molecular flexibility index (Phi) is 4.03. The number of halogens is 1. The summed E-state index contributed by atoms with van der Waals surface area (Å²) >= 11 is 6.05. The third-order valence-electron chi connectivity index (χ3n) is 4.49. The number of nitrogens with one attached hydrogen (secondary N) is 1. The van der Waals surface area contributed by atoms with E-state index in [1.165, 1.54) is 24.0 Å². The Bertz CT molecular complexity index is 865. The second-order valence-corrected chi connectivity index (χ2v) is 6.75. The number of hydrogen-bond donors (Lipinski definition) is 1. The molecular weight excluding hydrogens is 318 g/mol. The van der Waals surface area contributed by atoms with Crippen molar-refractivity contribution in [1.82, 2.24) is 9.78 Å². The van der Waals surface area contributed by atoms with Gasteiger partial charge in [0.15, 0.2) is 0 Å². The lowest BCUT2D eigenvalue weighted by molar-refractivity contribution is 0.780. The van der Waals surface area contributed by atoms with Crippen LogP contribution in [0.3, 0.4) is 0 Å². The van der Waals surface area contributed by atoms with Crippen LogP contribution in [-0.4, -0.2) is 16.3 Å². The smallest absolute Gasteiger partial charge is 0.133 e. The monoisotopic (exact) mass is 337 g/mol. The SMILES string of the molecule is Cc1cccc(-n2nc(-c3ccc(Cl)cc3)c3c2NCCCC3)c1. The van der Waals surface area contributed by atoms with Gasteiger partial charge in [0, 0.05) is 22.7 Å². The number of aryl methyl sites for hydroxylation is 1. The van der Waals surface area contributed by atoms with Crippen LogP contribution in [0.15, 0.2) is 48.5 Å². The molecule has 0 unspecified atom stereocenters. The van der Waals surface area contributed by atoms with E-state index in [1.807, 2.05) is 12.1 Å². The van der Waals surface area contributed by atoms with E-state index in [4.69, 9.17) is 16.7 Å². The first-order valence-electron chi connectivity index (χ1n) is 8.41. The summed E-state index contributed by atoms with van der Waals surface area (Å²) in [5, 5.41) is 9.29. The Morgan fingerprint density at radius 3 is 2.71 bits per heavy atom. The molecule has 0 saturated heterocycles. The minimum Gasteiger partial charge on any atom is -0.370 e. The van der Waals surface area contributed by atoms with E-state index >= 15 is 0 Å². The van der Waals surface area contributed by atoms with Crippen molar-refractivity contribution >= 4 is 17.4 Å². The molecule has 1 aromatic heterocycles. The molecule has 0 fully saturated rings. The van der Waals surface area contributed by atoms with Gasteiger partial charge in [0.05, 0.1) is 11.4 Å². The number of nitrogens with zero attached hydrogens (tertiary/aromatic N) is 2. The molecule has 0 spiro atoms. The van der Waals surface area contributed by atoms with Gasteiger partial charge in [0.2, 0.25) is 0 Å². The second-order valence-electron chi connectivity index (χ2n) is 6.32. The summed E-state index contributed by atoms with van der Waals surface area (Å²) < 4.78 is 2.05. The predicted molar refractivity (Wildman–Crippen MR) is 100 cm³/mol. The molecule has 0 amide bonds. The average molecular weight is 338 g/mol. The molecule has 1 N–H and O–H groups in total. The highest BCUT2D eigenvalue weighted by molar-refractivity contribution is 6.30. The highest BCUT2D eigenvalue weighted by Crippen LogP contribution is 2.34. The summed E-state index contributed by atoms with van der Waals surface area (Å²) in [5.74, 6) is 1.13. The summed E-state index contributed by atoms with van der Waals surface area (Å²) in [6.45, 7) is 3.10. The molecule has 0 radical (unpaired) electrons. The van der Waals surface area contributed by atoms with E-state index in [-0.39, 0.29) is 0 Å². The molecule has 0 atom stereocenters. The van der Waals surface area contributed by atoms with Crippen molar-refractivity contribution in [2.75, 3.05) is 11.9 Å². The fourth-order valence-electron chi connectivity index (χ4n) is 3.29. The molecule has 0 bridgehead atoms. The normalized spacial score (nSPS) is 13.9. The molecule has 2 heterocycles. The molecule has 0 aliphatic carbocycles. The van der Waals surface area contributed by atoms with E-state index in [0.717, 1.165) is 40.8 Å². The van der Waals surface area contributed by atoms with Crippen molar-refractivity contribution in [1.29, 1.82) is 0 Å². The van der Waals surface area contributed by atoms with Crippen LogP contribution >= 0.6 is 11.6 Å². The van der Waals surface area contributed by atoms with Crippen LogP contribution in [0.4, 0.5) is 5.82 Å². The second kappa shape index (κ2) is 6.33. The van der Waals surface area contributed by atoms with Gasteiger partial charge < -0.3 is 5.32 Å². The summed E-state index contributed by atoms with van der Waals surface area (Å²) in [4.78, 5) is 0. The van der Waals surface area contributed by atoms with E-state index in [9.17, 15) is 0 Å². The number of hydrogen-bond acceptors (Lipinski definition) is 2. The Balaban J connectivity index is 1.90. The van der Waals surface area contributed by atoms with Gasteiger partial charge in [-0.25, -0.2) is 4.68 Å². The zero-order valence-electron chi connectivity index (χ0n) is 13.7. The molecule has 2 aromatic carbocycles. The number of rotatable bonds is 2. The van der Waals surface area contributed by atoms with Crippen LogP contribution in [0.25, 0.3) is 16.9 Å². The van der Waals surface area contributed by atoms with Gasteiger partial charge in [-0.2, -0.15) is 5.10 Å². The zero-order chi connectivity index (χ0) is 16.5. The number of benzene rings is 2. The van der Waals surface area contributed by atoms with Crippen molar-refractivity contribution in [2.24, 2.45) is 0 Å². The molecule has 3 nitrogen and oxygen atoms in total. The van der Waals surface area contributed by atoms with Crippen LogP contribution in [-0.2, 0) is 6.42 Å². The zero-order valence-corrected chi connectivity index (χ0v) is 14.5. The first-order valence-corrected chi connectivity index (χ1v) is 8.79. The molecule has 4 heteroatoms. The largest absolute Gasteiger partial charge is 0.370 e. The van der Waals surface area contributed by atoms with Crippen molar-refractivity contribution in [3.05, 3.63) is 64.7 Å². The molecule has 122 valence electrons. The number of aromatic nitrogens is 2. The average Bonchev–Trinajstić information content (AvgIpc) is 2.77. The number of anilines is 1. The van der Waals surface area contributed by atoms with Crippen LogP contribution in [0.1, 0.15) is 24.0 Å². The maximum Gasteiger partial charge on any atom is 0.133 e. The molecule has 1 aliphatic rings. The Morgan fingerprint density at radius 1 is 1.08 bits per heavy atom. The first kappa shape index (κ1) is 15.3. The lowest BCUT2D eigenvalue weighted by Gasteiger charge is -2.09. The number of fused-ring (bicyclic) bond motifs is 1. The lowest BCUT2D eigenvalue weighted by atomic mass is 10.0. The Labute approximate surface area is 147 Å². The van der Waals surface area contributed by atoms with Crippen molar-refractivity contribution in [3.8, 4) is 16.9 Å². The Morgan fingerprint density at radius 2 is 1.92 bits per heavy atom. The van der Waals surface area contributed by atoms with Gasteiger partial charge in [0.1, 0.15) is 5.82 Å². The van der Waals surface area contributed by atoms with Crippen molar-refractivity contribution < 1.29 is 0 Å². The molecule has 0 saturated carbocycles. The minimum atomic E-state index is 0.751. The molecule has 1 aliphatic heterocycles. The van der Waals surface area contributed by atoms with Crippen molar-refractivity contribution in [2.45, 2.75) is 26.2 Å².